The van der Waals surface area contributed by atoms with Gasteiger partial charge in [-0.1, -0.05) is 58.6 Å². The number of nitrogens with zero attached hydrogens (tertiary/aromatic N) is 1. The minimum Gasteiger partial charge on any atom is -0.346 e. The molecule has 4 aliphatic rings. The van der Waals surface area contributed by atoms with Crippen molar-refractivity contribution in [3.05, 3.63) is 24.3 Å². The van der Waals surface area contributed by atoms with Gasteiger partial charge in [-0.15, -0.1) is 6.58 Å². The summed E-state index contributed by atoms with van der Waals surface area (Å²) in [5.41, 5.74) is -0.488. The van der Waals surface area contributed by atoms with Gasteiger partial charge in [0.25, 0.3) is 5.91 Å². The van der Waals surface area contributed by atoms with Crippen molar-refractivity contribution in [2.24, 2.45) is 11.3 Å². The quantitative estimate of drug-likeness (QED) is 0.179. The summed E-state index contributed by atoms with van der Waals surface area (Å²) in [6, 6.07) is -2.70. The SMILES string of the molecule is C=CCNC(=O)C(=O)C(CCC)NC(=O)C1C2=C[C@H](CN1C(=O)CNC(=O)NC1(CS(C)(=O)=O)CCCCC1)C2(C)C. The zero-order valence-corrected chi connectivity index (χ0v) is 25.9. The van der Waals surface area contributed by atoms with Crippen LogP contribution in [0.1, 0.15) is 65.7 Å². The monoisotopic (exact) mass is 607 g/mol. The van der Waals surface area contributed by atoms with Gasteiger partial charge < -0.3 is 26.2 Å². The average Bonchev–Trinajstić information content (AvgIpc) is 2.92. The first-order valence-electron chi connectivity index (χ1n) is 14.6. The minimum atomic E-state index is -3.36. The van der Waals surface area contributed by atoms with Crippen LogP contribution in [0.3, 0.4) is 0 Å². The maximum Gasteiger partial charge on any atom is 0.315 e. The molecule has 1 saturated carbocycles. The normalized spacial score (nSPS) is 22.9. The van der Waals surface area contributed by atoms with Gasteiger partial charge in [-0.2, -0.15) is 0 Å². The molecule has 234 valence electrons. The highest BCUT2D eigenvalue weighted by molar-refractivity contribution is 7.90. The fourth-order valence-electron chi connectivity index (χ4n) is 6.29. The van der Waals surface area contributed by atoms with Crippen molar-refractivity contribution >= 4 is 39.4 Å². The van der Waals surface area contributed by atoms with E-state index >= 15 is 0 Å². The fourth-order valence-corrected chi connectivity index (χ4v) is 7.66. The average molecular weight is 608 g/mol. The Morgan fingerprint density at radius 3 is 2.36 bits per heavy atom. The molecule has 42 heavy (non-hydrogen) atoms. The van der Waals surface area contributed by atoms with Crippen LogP contribution in [0.25, 0.3) is 0 Å². The first-order chi connectivity index (χ1) is 19.6. The predicted molar refractivity (Wildman–Crippen MR) is 158 cm³/mol. The number of rotatable bonds is 13. The third-order valence-corrected chi connectivity index (χ3v) is 9.67. The molecule has 13 heteroatoms. The maximum atomic E-state index is 13.6. The molecule has 3 atom stereocenters. The molecule has 2 aliphatic heterocycles. The van der Waals surface area contributed by atoms with Crippen molar-refractivity contribution in [2.45, 2.75) is 83.3 Å². The standard InChI is InChI=1S/C29H45N5O7S/c1-6-11-21(24(36)26(38)30-14-7-2)32-25(37)23-20-15-19(28(20,3)4)17-34(23)22(35)16-31-27(39)33-29(18-42(5,40)41)12-9-8-10-13-29/h7,15,19,21,23H,2,6,8-14,16-18H2,1,3-5H3,(H,30,38)(H,32,37)(H2,31,33,39)/t19-,21?,23?/m1/s1. The third-order valence-electron chi connectivity index (χ3n) is 8.59. The Morgan fingerprint density at radius 1 is 1.12 bits per heavy atom. The molecule has 2 unspecified atom stereocenters. The summed E-state index contributed by atoms with van der Waals surface area (Å²) >= 11 is 0. The first kappa shape index (κ1) is 33.3. The molecule has 0 spiro atoms. The van der Waals surface area contributed by atoms with Gasteiger partial charge in [-0.05, 0) is 30.3 Å². The van der Waals surface area contributed by atoms with E-state index in [9.17, 15) is 32.4 Å². The van der Waals surface area contributed by atoms with Gasteiger partial charge in [0.15, 0.2) is 0 Å². The second kappa shape index (κ2) is 13.4. The molecule has 4 rings (SSSR count). The van der Waals surface area contributed by atoms with Gasteiger partial charge in [0, 0.05) is 25.3 Å². The van der Waals surface area contributed by atoms with Gasteiger partial charge in [0.1, 0.15) is 15.9 Å². The van der Waals surface area contributed by atoms with E-state index < -0.39 is 63.5 Å². The molecule has 4 N–H and O–H groups in total. The van der Waals surface area contributed by atoms with Crippen LogP contribution in [-0.4, -0.2) is 92.1 Å². The van der Waals surface area contributed by atoms with Crippen molar-refractivity contribution in [1.29, 1.82) is 0 Å². The summed E-state index contributed by atoms with van der Waals surface area (Å²) in [4.78, 5) is 66.4. The largest absolute Gasteiger partial charge is 0.346 e. The molecule has 12 nitrogen and oxygen atoms in total. The Morgan fingerprint density at radius 2 is 1.79 bits per heavy atom. The highest BCUT2D eigenvalue weighted by Crippen LogP contribution is 2.52. The second-order valence-corrected chi connectivity index (χ2v) is 14.5. The van der Waals surface area contributed by atoms with Crippen LogP contribution >= 0.6 is 0 Å². The van der Waals surface area contributed by atoms with Crippen molar-refractivity contribution in [3.8, 4) is 0 Å². The summed E-state index contributed by atoms with van der Waals surface area (Å²) in [6.45, 7) is 9.29. The van der Waals surface area contributed by atoms with E-state index in [1.54, 1.807) is 0 Å². The van der Waals surface area contributed by atoms with E-state index in [-0.39, 0.29) is 36.6 Å². The molecule has 0 radical (unpaired) electrons. The summed E-state index contributed by atoms with van der Waals surface area (Å²) in [6.07, 6.45) is 8.94. The predicted octanol–water partition coefficient (Wildman–Crippen LogP) is 0.983. The molecule has 0 aromatic carbocycles. The van der Waals surface area contributed by atoms with E-state index in [0.29, 0.717) is 19.3 Å². The van der Waals surface area contributed by atoms with E-state index in [2.05, 4.69) is 27.8 Å². The van der Waals surface area contributed by atoms with Crippen LogP contribution in [-0.2, 0) is 29.0 Å². The van der Waals surface area contributed by atoms with Crippen LogP contribution in [0.2, 0.25) is 0 Å². The first-order valence-corrected chi connectivity index (χ1v) is 16.7. The number of Topliss-reactive ketones (excluding diaryl/α,β-unsaturated/α-hetero) is 1. The van der Waals surface area contributed by atoms with E-state index in [4.69, 9.17) is 0 Å². The summed E-state index contributed by atoms with van der Waals surface area (Å²) < 4.78 is 24.1. The van der Waals surface area contributed by atoms with Crippen molar-refractivity contribution in [3.63, 3.8) is 0 Å². The van der Waals surface area contributed by atoms with Crippen LogP contribution in [0.5, 0.6) is 0 Å². The molecule has 0 aromatic rings. The number of urea groups is 1. The van der Waals surface area contributed by atoms with E-state index in [1.165, 1.54) is 11.0 Å². The van der Waals surface area contributed by atoms with Gasteiger partial charge in [0.05, 0.1) is 23.9 Å². The molecule has 2 fully saturated rings. The summed E-state index contributed by atoms with van der Waals surface area (Å²) in [5, 5.41) is 10.5. The van der Waals surface area contributed by atoms with Gasteiger partial charge in [0.2, 0.25) is 17.6 Å². The number of fused-ring (bicyclic) bond motifs is 2. The number of carbonyl (C=O) groups excluding carboxylic acids is 5. The molecule has 2 bridgehead atoms. The van der Waals surface area contributed by atoms with Gasteiger partial charge in [-0.25, -0.2) is 13.2 Å². The van der Waals surface area contributed by atoms with Crippen LogP contribution in [0, 0.1) is 11.3 Å². The summed E-state index contributed by atoms with van der Waals surface area (Å²) in [5.74, 6) is -2.81. The Hall–Kier alpha value is -3.22. The van der Waals surface area contributed by atoms with Gasteiger partial charge in [-0.3, -0.25) is 19.2 Å². The highest BCUT2D eigenvalue weighted by Gasteiger charge is 2.54. The number of piperidine rings is 1. The lowest BCUT2D eigenvalue weighted by Gasteiger charge is -2.56. The smallest absolute Gasteiger partial charge is 0.315 e. The Balaban J connectivity index is 1.71. The van der Waals surface area contributed by atoms with Crippen LogP contribution in [0.4, 0.5) is 4.79 Å². The number of carbonyl (C=O) groups is 5. The molecule has 2 heterocycles. The number of hydrogen-bond acceptors (Lipinski definition) is 7. The number of ketones is 1. The number of hydrogen-bond donors (Lipinski definition) is 4. The maximum absolute atomic E-state index is 13.6. The van der Waals surface area contributed by atoms with E-state index in [1.807, 2.05) is 26.8 Å². The molecule has 5 amide bonds. The van der Waals surface area contributed by atoms with Crippen molar-refractivity contribution < 1.29 is 32.4 Å². The topological polar surface area (TPSA) is 171 Å². The summed E-state index contributed by atoms with van der Waals surface area (Å²) in [7, 11) is -3.36. The highest BCUT2D eigenvalue weighted by atomic mass is 32.2. The number of sulfone groups is 1. The van der Waals surface area contributed by atoms with Gasteiger partial charge >= 0.3 is 6.03 Å². The zero-order chi connectivity index (χ0) is 31.3. The minimum absolute atomic E-state index is 0.0207. The third kappa shape index (κ3) is 7.78. The Labute approximate surface area is 248 Å². The molecule has 1 saturated heterocycles. The lowest BCUT2D eigenvalue weighted by molar-refractivity contribution is -0.145. The molecular weight excluding hydrogens is 562 g/mol. The molecular formula is C29H45N5O7S. The lowest BCUT2D eigenvalue weighted by atomic mass is 9.58. The van der Waals surface area contributed by atoms with Crippen LogP contribution < -0.4 is 21.3 Å². The fraction of sp³-hybridized carbons (Fsp3) is 0.690. The number of amides is 5. The molecule has 2 aliphatic carbocycles. The Bertz CT molecular complexity index is 1240. The molecule has 0 aromatic heterocycles. The van der Waals surface area contributed by atoms with E-state index in [0.717, 1.165) is 31.1 Å². The van der Waals surface area contributed by atoms with Crippen molar-refractivity contribution in [2.75, 3.05) is 31.6 Å². The lowest BCUT2D eigenvalue weighted by Crippen LogP contribution is -2.66. The second-order valence-electron chi connectivity index (χ2n) is 12.3. The zero-order valence-electron chi connectivity index (χ0n) is 25.1. The number of nitrogens with one attached hydrogen (secondary N) is 4. The van der Waals surface area contributed by atoms with Crippen LogP contribution in [0.15, 0.2) is 24.3 Å². The van der Waals surface area contributed by atoms with Crippen molar-refractivity contribution in [1.82, 2.24) is 26.2 Å². The Kier molecular flexibility index (Phi) is 10.6.